The third-order valence-electron chi connectivity index (χ3n) is 11.8. The van der Waals surface area contributed by atoms with E-state index in [1.807, 2.05) is 0 Å². The Bertz CT molecular complexity index is 3510. The van der Waals surface area contributed by atoms with Crippen LogP contribution in [0.3, 0.4) is 0 Å². The van der Waals surface area contributed by atoms with Crippen molar-refractivity contribution in [1.29, 1.82) is 0 Å². The molecule has 3 heterocycles. The maximum atomic E-state index is 2.44. The smallest absolute Gasteiger partial charge is 0.0561 e. The van der Waals surface area contributed by atoms with Gasteiger partial charge in [0.15, 0.2) is 0 Å². The van der Waals surface area contributed by atoms with Crippen LogP contribution in [0, 0.1) is 0 Å². The van der Waals surface area contributed by atoms with Gasteiger partial charge in [-0.05, 0) is 101 Å². The zero-order chi connectivity index (χ0) is 37.5. The van der Waals surface area contributed by atoms with Crippen LogP contribution >= 0.6 is 0 Å². The Labute approximate surface area is 329 Å². The molecule has 9 aromatic carbocycles. The normalized spacial score (nSPS) is 11.9. The second-order valence-corrected chi connectivity index (χ2v) is 15.0. The average Bonchev–Trinajstić information content (AvgIpc) is 3.92. The molecule has 0 aliphatic rings. The summed E-state index contributed by atoms with van der Waals surface area (Å²) < 4.78 is 7.24. The molecule has 0 amide bonds. The lowest BCUT2D eigenvalue weighted by atomic mass is 10.0. The van der Waals surface area contributed by atoms with Crippen LogP contribution < -0.4 is 0 Å². The monoisotopic (exact) mass is 725 g/mol. The first kappa shape index (κ1) is 31.7. The first-order valence-corrected chi connectivity index (χ1v) is 19.6. The van der Waals surface area contributed by atoms with Gasteiger partial charge >= 0.3 is 0 Å². The minimum atomic E-state index is 1.14. The molecular weight excluding hydrogens is 691 g/mol. The summed E-state index contributed by atoms with van der Waals surface area (Å²) in [5.74, 6) is 0. The minimum absolute atomic E-state index is 1.14. The van der Waals surface area contributed by atoms with Crippen LogP contribution in [0.5, 0.6) is 0 Å². The predicted octanol–water partition coefficient (Wildman–Crippen LogP) is 14.3. The predicted molar refractivity (Wildman–Crippen MR) is 240 cm³/mol. The van der Waals surface area contributed by atoms with E-state index in [0.717, 1.165) is 11.4 Å². The van der Waals surface area contributed by atoms with E-state index < -0.39 is 0 Å². The van der Waals surface area contributed by atoms with Crippen molar-refractivity contribution in [2.24, 2.45) is 0 Å². The van der Waals surface area contributed by atoms with Crippen LogP contribution in [-0.2, 0) is 0 Å². The van der Waals surface area contributed by atoms with Crippen molar-refractivity contribution in [3.8, 4) is 39.3 Å². The Balaban J connectivity index is 1.04. The van der Waals surface area contributed by atoms with Crippen molar-refractivity contribution in [3.63, 3.8) is 0 Å². The molecule has 12 aromatic rings. The number of benzene rings is 9. The van der Waals surface area contributed by atoms with E-state index in [4.69, 9.17) is 0 Å². The Hall–Kier alpha value is -7.62. The number of fused-ring (bicyclic) bond motifs is 9. The summed E-state index contributed by atoms with van der Waals surface area (Å²) in [5, 5.41) is 7.49. The minimum Gasteiger partial charge on any atom is -0.309 e. The molecule has 57 heavy (non-hydrogen) atoms. The molecule has 0 aliphatic carbocycles. The molecule has 3 heteroatoms. The zero-order valence-corrected chi connectivity index (χ0v) is 31.0. The highest BCUT2D eigenvalue weighted by Crippen LogP contribution is 2.40. The third kappa shape index (κ3) is 4.86. The molecule has 266 valence electrons. The fraction of sp³-hybridized carbons (Fsp3) is 0. The molecule has 0 N–H and O–H groups in total. The summed E-state index contributed by atoms with van der Waals surface area (Å²) >= 11 is 0. The van der Waals surface area contributed by atoms with Gasteiger partial charge in [0.25, 0.3) is 0 Å². The van der Waals surface area contributed by atoms with Gasteiger partial charge < -0.3 is 13.7 Å². The molecule has 0 atom stereocenters. The maximum Gasteiger partial charge on any atom is 0.0561 e. The van der Waals surface area contributed by atoms with E-state index in [2.05, 4.69) is 226 Å². The summed E-state index contributed by atoms with van der Waals surface area (Å²) in [6.45, 7) is 0. The molecule has 0 radical (unpaired) electrons. The van der Waals surface area contributed by atoms with Gasteiger partial charge in [0.05, 0.1) is 33.1 Å². The molecule has 3 aromatic heterocycles. The summed E-state index contributed by atoms with van der Waals surface area (Å²) in [6.07, 6.45) is 0. The summed E-state index contributed by atoms with van der Waals surface area (Å²) in [6, 6.07) is 77.4. The summed E-state index contributed by atoms with van der Waals surface area (Å²) in [7, 11) is 0. The first-order chi connectivity index (χ1) is 28.3. The molecule has 0 unspecified atom stereocenters. The standard InChI is InChI=1S/C54H35N3/c1-3-14-36(15-4-1)37-16-13-19-41(32-37)57-49-23-10-7-20-43(49)46-29-28-42(35-54(46)57)56-51-25-12-9-22-45(51)48-34-39(27-31-53(48)56)38-26-30-52-47(33-38)44-21-8-11-24-50(44)55(52)40-17-5-2-6-18-40/h1-35H. The third-order valence-corrected chi connectivity index (χ3v) is 11.8. The second-order valence-electron chi connectivity index (χ2n) is 15.0. The molecule has 0 saturated carbocycles. The Morgan fingerprint density at radius 2 is 0.596 bits per heavy atom. The second kappa shape index (κ2) is 12.5. The van der Waals surface area contributed by atoms with Crippen molar-refractivity contribution < 1.29 is 0 Å². The summed E-state index contributed by atoms with van der Waals surface area (Å²) in [5.41, 5.74) is 15.5. The Kier molecular flexibility index (Phi) is 6.93. The van der Waals surface area contributed by atoms with Crippen LogP contribution in [0.25, 0.3) is 105 Å². The van der Waals surface area contributed by atoms with Crippen LogP contribution in [-0.4, -0.2) is 13.7 Å². The fourth-order valence-corrected chi connectivity index (χ4v) is 9.27. The highest BCUT2D eigenvalue weighted by molar-refractivity contribution is 6.14. The molecule has 12 rings (SSSR count). The van der Waals surface area contributed by atoms with Gasteiger partial charge in [-0.3, -0.25) is 0 Å². The lowest BCUT2D eigenvalue weighted by Gasteiger charge is -2.12. The van der Waals surface area contributed by atoms with Gasteiger partial charge in [-0.15, -0.1) is 0 Å². The fourth-order valence-electron chi connectivity index (χ4n) is 9.27. The van der Waals surface area contributed by atoms with E-state index in [-0.39, 0.29) is 0 Å². The van der Waals surface area contributed by atoms with Crippen molar-refractivity contribution in [2.45, 2.75) is 0 Å². The maximum absolute atomic E-state index is 2.44. The van der Waals surface area contributed by atoms with E-state index in [1.165, 1.54) is 93.4 Å². The van der Waals surface area contributed by atoms with Crippen LogP contribution in [0.1, 0.15) is 0 Å². The van der Waals surface area contributed by atoms with E-state index in [1.54, 1.807) is 0 Å². The Morgan fingerprint density at radius 1 is 0.193 bits per heavy atom. The lowest BCUT2D eigenvalue weighted by Crippen LogP contribution is -1.97. The number of nitrogens with zero attached hydrogens (tertiary/aromatic N) is 3. The molecule has 3 nitrogen and oxygen atoms in total. The van der Waals surface area contributed by atoms with Crippen LogP contribution in [0.4, 0.5) is 0 Å². The first-order valence-electron chi connectivity index (χ1n) is 19.6. The van der Waals surface area contributed by atoms with E-state index >= 15 is 0 Å². The number of para-hydroxylation sites is 4. The molecule has 0 bridgehead atoms. The van der Waals surface area contributed by atoms with Gasteiger partial charge in [-0.25, -0.2) is 0 Å². The summed E-state index contributed by atoms with van der Waals surface area (Å²) in [4.78, 5) is 0. The highest BCUT2D eigenvalue weighted by Gasteiger charge is 2.18. The number of aromatic nitrogens is 3. The lowest BCUT2D eigenvalue weighted by molar-refractivity contribution is 1.15. The molecule has 0 saturated heterocycles. The highest BCUT2D eigenvalue weighted by atomic mass is 15.0. The van der Waals surface area contributed by atoms with Gasteiger partial charge in [0.2, 0.25) is 0 Å². The molecule has 0 aliphatic heterocycles. The number of hydrogen-bond acceptors (Lipinski definition) is 0. The van der Waals surface area contributed by atoms with Crippen molar-refractivity contribution in [1.82, 2.24) is 13.7 Å². The van der Waals surface area contributed by atoms with Crippen LogP contribution in [0.2, 0.25) is 0 Å². The SMILES string of the molecule is c1ccc(-c2cccc(-n3c4ccccc4c4ccc(-n5c6ccccc6c6cc(-c7ccc8c(c7)c7ccccc7n8-c7ccccc7)ccc65)cc43)c2)cc1. The molecule has 0 fully saturated rings. The Morgan fingerprint density at radius 3 is 1.21 bits per heavy atom. The molecular formula is C54H35N3. The van der Waals surface area contributed by atoms with Gasteiger partial charge in [0, 0.05) is 49.4 Å². The quantitative estimate of drug-likeness (QED) is 0.168. The molecule has 0 spiro atoms. The largest absolute Gasteiger partial charge is 0.309 e. The zero-order valence-electron chi connectivity index (χ0n) is 31.0. The van der Waals surface area contributed by atoms with Crippen molar-refractivity contribution >= 4 is 65.4 Å². The number of rotatable bonds is 5. The van der Waals surface area contributed by atoms with Gasteiger partial charge in [0.1, 0.15) is 0 Å². The number of hydrogen-bond donors (Lipinski definition) is 0. The van der Waals surface area contributed by atoms with Crippen LogP contribution in [0.15, 0.2) is 212 Å². The van der Waals surface area contributed by atoms with Crippen molar-refractivity contribution in [3.05, 3.63) is 212 Å². The van der Waals surface area contributed by atoms with E-state index in [9.17, 15) is 0 Å². The average molecular weight is 726 g/mol. The van der Waals surface area contributed by atoms with Crippen molar-refractivity contribution in [2.75, 3.05) is 0 Å². The topological polar surface area (TPSA) is 14.8 Å². The van der Waals surface area contributed by atoms with E-state index in [0.29, 0.717) is 0 Å². The van der Waals surface area contributed by atoms with Gasteiger partial charge in [-0.1, -0.05) is 133 Å². The van der Waals surface area contributed by atoms with Gasteiger partial charge in [-0.2, -0.15) is 0 Å².